The van der Waals surface area contributed by atoms with Gasteiger partial charge in [0.05, 0.1) is 0 Å². The van der Waals surface area contributed by atoms with Gasteiger partial charge in [0, 0.05) is 24.9 Å². The van der Waals surface area contributed by atoms with Gasteiger partial charge in [-0.3, -0.25) is 4.99 Å². The van der Waals surface area contributed by atoms with Gasteiger partial charge in [-0.25, -0.2) is 0 Å². The molecule has 2 rings (SSSR count). The zero-order valence-corrected chi connectivity index (χ0v) is 17.0. The molecule has 1 aromatic carbocycles. The second-order valence-electron chi connectivity index (χ2n) is 5.99. The molecule has 1 saturated heterocycles. The van der Waals surface area contributed by atoms with Crippen molar-refractivity contribution in [3.8, 4) is 0 Å². The van der Waals surface area contributed by atoms with Gasteiger partial charge in [-0.1, -0.05) is 29.8 Å². The number of nitrogens with zero attached hydrogens (tertiary/aromatic N) is 1. The zero-order chi connectivity index (χ0) is 15.1. The normalized spacial score (nSPS) is 21.3. The molecule has 1 aliphatic heterocycles. The number of thioether (sulfide) groups is 1. The van der Waals surface area contributed by atoms with E-state index in [1.54, 1.807) is 0 Å². The number of rotatable bonds is 5. The molecule has 5 heteroatoms. The van der Waals surface area contributed by atoms with Crippen molar-refractivity contribution in [2.45, 2.75) is 37.9 Å². The Balaban J connectivity index is 0.00000242. The molecule has 0 aliphatic carbocycles. The first-order chi connectivity index (χ1) is 10.1. The molecule has 2 N–H and O–H groups in total. The van der Waals surface area contributed by atoms with Gasteiger partial charge in [0.2, 0.25) is 0 Å². The first-order valence-corrected chi connectivity index (χ1v) is 8.74. The number of guanidine groups is 1. The minimum atomic E-state index is 0. The fraction of sp³-hybridized carbons (Fsp3) is 0.588. The van der Waals surface area contributed by atoms with Gasteiger partial charge in [-0.2, -0.15) is 11.8 Å². The maximum Gasteiger partial charge on any atom is 0.191 e. The van der Waals surface area contributed by atoms with Gasteiger partial charge in [0.1, 0.15) is 0 Å². The lowest BCUT2D eigenvalue weighted by Crippen LogP contribution is -2.44. The van der Waals surface area contributed by atoms with Gasteiger partial charge in [-0.15, -0.1) is 24.0 Å². The van der Waals surface area contributed by atoms with Gasteiger partial charge in [-0.05, 0) is 44.4 Å². The summed E-state index contributed by atoms with van der Waals surface area (Å²) >= 11 is 2.07. The van der Waals surface area contributed by atoms with Gasteiger partial charge in [0.15, 0.2) is 5.96 Å². The lowest BCUT2D eigenvalue weighted by molar-refractivity contribution is 0.584. The second kappa shape index (κ2) is 9.65. The van der Waals surface area contributed by atoms with E-state index in [1.165, 1.54) is 29.7 Å². The monoisotopic (exact) mass is 433 g/mol. The summed E-state index contributed by atoms with van der Waals surface area (Å²) in [5, 5.41) is 6.88. The van der Waals surface area contributed by atoms with E-state index in [0.717, 1.165) is 25.5 Å². The van der Waals surface area contributed by atoms with Crippen molar-refractivity contribution < 1.29 is 0 Å². The van der Waals surface area contributed by atoms with Crippen molar-refractivity contribution in [2.24, 2.45) is 4.99 Å². The molecule has 1 unspecified atom stereocenters. The molecule has 0 bridgehead atoms. The minimum absolute atomic E-state index is 0. The van der Waals surface area contributed by atoms with Crippen molar-refractivity contribution in [3.63, 3.8) is 0 Å². The lowest BCUT2D eigenvalue weighted by Gasteiger charge is -2.24. The highest BCUT2D eigenvalue weighted by molar-refractivity contribution is 14.0. The highest BCUT2D eigenvalue weighted by atomic mass is 127. The van der Waals surface area contributed by atoms with Crippen LogP contribution in [0.1, 0.15) is 30.9 Å². The first kappa shape index (κ1) is 19.6. The summed E-state index contributed by atoms with van der Waals surface area (Å²) in [7, 11) is 1.84. The lowest BCUT2D eigenvalue weighted by atomic mass is 10.1. The Morgan fingerprint density at radius 3 is 2.82 bits per heavy atom. The van der Waals surface area contributed by atoms with Crippen LogP contribution in [0.2, 0.25) is 0 Å². The van der Waals surface area contributed by atoms with Crippen LogP contribution in [0.25, 0.3) is 0 Å². The highest BCUT2D eigenvalue weighted by Crippen LogP contribution is 2.36. The molecule has 22 heavy (non-hydrogen) atoms. The van der Waals surface area contributed by atoms with Crippen LogP contribution in [0.3, 0.4) is 0 Å². The molecular formula is C17H28IN3S. The molecule has 1 aliphatic rings. The van der Waals surface area contributed by atoms with E-state index < -0.39 is 0 Å². The zero-order valence-electron chi connectivity index (χ0n) is 13.8. The van der Waals surface area contributed by atoms with Gasteiger partial charge >= 0.3 is 0 Å². The molecule has 1 aromatic rings. The largest absolute Gasteiger partial charge is 0.356 e. The second-order valence-corrected chi connectivity index (χ2v) is 7.68. The van der Waals surface area contributed by atoms with Crippen molar-refractivity contribution >= 4 is 41.7 Å². The van der Waals surface area contributed by atoms with Crippen LogP contribution in [0.5, 0.6) is 0 Å². The number of hydrogen-bond donors (Lipinski definition) is 2. The van der Waals surface area contributed by atoms with Crippen molar-refractivity contribution in [1.82, 2.24) is 10.6 Å². The standard InChI is InChI=1S/C17H27N3S.HI/c1-14-6-4-7-15(12-14)8-10-19-16(18-3)20-13-17(2)9-5-11-21-17;/h4,6-7,12H,5,8-11,13H2,1-3H3,(H2,18,19,20);1H. The van der Waals surface area contributed by atoms with Crippen LogP contribution in [-0.4, -0.2) is 36.6 Å². The van der Waals surface area contributed by atoms with E-state index >= 15 is 0 Å². The molecule has 0 radical (unpaired) electrons. The Kier molecular flexibility index (Phi) is 8.61. The number of nitrogens with one attached hydrogen (secondary N) is 2. The number of aryl methyl sites for hydroxylation is 1. The molecule has 1 heterocycles. The third-order valence-corrected chi connectivity index (χ3v) is 5.48. The Bertz CT molecular complexity index is 485. The average molecular weight is 433 g/mol. The van der Waals surface area contributed by atoms with Crippen molar-refractivity contribution in [1.29, 1.82) is 0 Å². The molecule has 0 aromatic heterocycles. The molecule has 1 fully saturated rings. The summed E-state index contributed by atoms with van der Waals surface area (Å²) in [6.45, 7) is 6.38. The maximum atomic E-state index is 4.31. The van der Waals surface area contributed by atoms with Crippen molar-refractivity contribution in [3.05, 3.63) is 35.4 Å². The maximum absolute atomic E-state index is 4.31. The van der Waals surface area contributed by atoms with E-state index in [-0.39, 0.29) is 24.0 Å². The van der Waals surface area contributed by atoms with Crippen LogP contribution >= 0.6 is 35.7 Å². The molecule has 124 valence electrons. The fourth-order valence-electron chi connectivity index (χ4n) is 2.66. The SMILES string of the molecule is CN=C(NCCc1cccc(C)c1)NCC1(C)CCCS1.I. The van der Waals surface area contributed by atoms with E-state index in [4.69, 9.17) is 0 Å². The molecule has 1 atom stereocenters. The third kappa shape index (κ3) is 6.36. The Morgan fingerprint density at radius 1 is 1.36 bits per heavy atom. The van der Waals surface area contributed by atoms with E-state index in [1.807, 2.05) is 7.05 Å². The van der Waals surface area contributed by atoms with Crippen LogP contribution in [0.4, 0.5) is 0 Å². The summed E-state index contributed by atoms with van der Waals surface area (Å²) in [5.41, 5.74) is 2.69. The Morgan fingerprint density at radius 2 is 2.18 bits per heavy atom. The Hall–Kier alpha value is -0.430. The first-order valence-electron chi connectivity index (χ1n) is 7.75. The molecular weight excluding hydrogens is 405 g/mol. The van der Waals surface area contributed by atoms with Crippen LogP contribution in [0, 0.1) is 6.92 Å². The average Bonchev–Trinajstić information content (AvgIpc) is 2.90. The third-order valence-electron chi connectivity index (χ3n) is 3.94. The van der Waals surface area contributed by atoms with Crippen LogP contribution < -0.4 is 10.6 Å². The fourth-order valence-corrected chi connectivity index (χ4v) is 3.90. The van der Waals surface area contributed by atoms with E-state index in [2.05, 4.69) is 65.5 Å². The van der Waals surface area contributed by atoms with Crippen LogP contribution in [-0.2, 0) is 6.42 Å². The topological polar surface area (TPSA) is 36.4 Å². The molecule has 0 spiro atoms. The number of aliphatic imine (C=N–C) groups is 1. The molecule has 0 amide bonds. The number of hydrogen-bond acceptors (Lipinski definition) is 2. The molecule has 0 saturated carbocycles. The summed E-state index contributed by atoms with van der Waals surface area (Å²) in [6.07, 6.45) is 3.65. The number of halogens is 1. The predicted molar refractivity (Wildman–Crippen MR) is 110 cm³/mol. The molecule has 3 nitrogen and oxygen atoms in total. The smallest absolute Gasteiger partial charge is 0.191 e. The van der Waals surface area contributed by atoms with Crippen molar-refractivity contribution in [2.75, 3.05) is 25.9 Å². The van der Waals surface area contributed by atoms with E-state index in [0.29, 0.717) is 4.75 Å². The van der Waals surface area contributed by atoms with E-state index in [9.17, 15) is 0 Å². The van der Waals surface area contributed by atoms with Gasteiger partial charge in [0.25, 0.3) is 0 Å². The highest BCUT2D eigenvalue weighted by Gasteiger charge is 2.29. The minimum Gasteiger partial charge on any atom is -0.356 e. The summed E-state index contributed by atoms with van der Waals surface area (Å²) in [5.74, 6) is 2.20. The summed E-state index contributed by atoms with van der Waals surface area (Å²) < 4.78 is 0.369. The quantitative estimate of drug-likeness (QED) is 0.423. The number of benzene rings is 1. The predicted octanol–water partition coefficient (Wildman–Crippen LogP) is 3.61. The summed E-state index contributed by atoms with van der Waals surface area (Å²) in [4.78, 5) is 4.31. The summed E-state index contributed by atoms with van der Waals surface area (Å²) in [6, 6.07) is 8.68. The van der Waals surface area contributed by atoms with Crippen LogP contribution in [0.15, 0.2) is 29.3 Å². The van der Waals surface area contributed by atoms with Gasteiger partial charge < -0.3 is 10.6 Å². The Labute approximate surface area is 156 Å².